The van der Waals surface area contributed by atoms with E-state index in [2.05, 4.69) is 32.3 Å². The molecule has 7 heteroatoms. The number of hydrogen-bond acceptors (Lipinski definition) is 6. The summed E-state index contributed by atoms with van der Waals surface area (Å²) in [4.78, 5) is 15.6. The second kappa shape index (κ2) is 7.85. The molecule has 4 heterocycles. The molecule has 146 valence electrons. The van der Waals surface area contributed by atoms with Crippen LogP contribution in [0.4, 0.5) is 10.2 Å². The molecule has 1 N–H and O–H groups in total. The summed E-state index contributed by atoms with van der Waals surface area (Å²) in [7, 11) is 0. The van der Waals surface area contributed by atoms with Crippen LogP contribution in [-0.4, -0.2) is 45.2 Å². The molecule has 0 spiro atoms. The Balaban J connectivity index is 1.39. The first kappa shape index (κ1) is 18.1. The summed E-state index contributed by atoms with van der Waals surface area (Å²) in [6, 6.07) is 15.6. The second-order valence-electron chi connectivity index (χ2n) is 7.21. The van der Waals surface area contributed by atoms with Crippen LogP contribution in [0.5, 0.6) is 0 Å². The Morgan fingerprint density at radius 2 is 1.86 bits per heavy atom. The molecule has 0 bridgehead atoms. The van der Waals surface area contributed by atoms with Crippen molar-refractivity contribution in [1.82, 2.24) is 19.9 Å². The number of alkyl halides is 1. The van der Waals surface area contributed by atoms with Crippen molar-refractivity contribution in [2.75, 3.05) is 18.4 Å². The van der Waals surface area contributed by atoms with Crippen molar-refractivity contribution in [3.63, 3.8) is 0 Å². The van der Waals surface area contributed by atoms with Gasteiger partial charge in [0.25, 0.3) is 0 Å². The molecule has 0 amide bonds. The van der Waals surface area contributed by atoms with Crippen LogP contribution in [0, 0.1) is 0 Å². The number of halogens is 1. The molecule has 1 saturated heterocycles. The van der Waals surface area contributed by atoms with Gasteiger partial charge < -0.3 is 5.32 Å². The van der Waals surface area contributed by atoms with Gasteiger partial charge in [0.2, 0.25) is 0 Å². The molecular formula is C22H20FN5S. The van der Waals surface area contributed by atoms with E-state index in [4.69, 9.17) is 4.98 Å². The molecule has 29 heavy (non-hydrogen) atoms. The number of likely N-dealkylation sites (tertiary alicyclic amines) is 1. The van der Waals surface area contributed by atoms with E-state index in [1.807, 2.05) is 41.8 Å². The van der Waals surface area contributed by atoms with Gasteiger partial charge in [-0.25, -0.2) is 14.4 Å². The van der Waals surface area contributed by atoms with Crippen LogP contribution in [0.1, 0.15) is 5.56 Å². The minimum atomic E-state index is -0.951. The average Bonchev–Trinajstić information content (AvgIpc) is 3.36. The third-order valence-electron chi connectivity index (χ3n) is 5.14. The highest BCUT2D eigenvalue weighted by Gasteiger charge is 2.33. The summed E-state index contributed by atoms with van der Waals surface area (Å²) >= 11 is 1.57. The predicted octanol–water partition coefficient (Wildman–Crippen LogP) is 4.39. The molecule has 1 fully saturated rings. The van der Waals surface area contributed by atoms with Gasteiger partial charge in [-0.15, -0.1) is 11.3 Å². The lowest BCUT2D eigenvalue weighted by Gasteiger charge is -2.17. The Kier molecular flexibility index (Phi) is 4.91. The van der Waals surface area contributed by atoms with E-state index in [-0.39, 0.29) is 6.04 Å². The fourth-order valence-corrected chi connectivity index (χ4v) is 4.50. The maximum absolute atomic E-state index is 14.8. The molecule has 5 nitrogen and oxygen atoms in total. The summed E-state index contributed by atoms with van der Waals surface area (Å²) in [5.74, 6) is 1.32. The number of pyridine rings is 1. The quantitative estimate of drug-likeness (QED) is 0.534. The van der Waals surface area contributed by atoms with E-state index in [0.29, 0.717) is 24.7 Å². The first-order valence-electron chi connectivity index (χ1n) is 9.59. The molecule has 0 aliphatic carbocycles. The Labute approximate surface area is 172 Å². The molecule has 0 saturated carbocycles. The summed E-state index contributed by atoms with van der Waals surface area (Å²) in [5, 5.41) is 5.36. The minimum absolute atomic E-state index is 0.302. The van der Waals surface area contributed by atoms with E-state index in [9.17, 15) is 4.39 Å². The number of anilines is 1. The fraction of sp³-hybridized carbons (Fsp3) is 0.227. The van der Waals surface area contributed by atoms with Crippen molar-refractivity contribution in [2.24, 2.45) is 0 Å². The van der Waals surface area contributed by atoms with E-state index >= 15 is 0 Å². The average molecular weight is 406 g/mol. The van der Waals surface area contributed by atoms with Crippen molar-refractivity contribution in [3.8, 4) is 11.4 Å². The molecular weight excluding hydrogens is 385 g/mol. The van der Waals surface area contributed by atoms with Crippen molar-refractivity contribution < 1.29 is 4.39 Å². The number of nitrogens with one attached hydrogen (secondary N) is 1. The molecule has 2 atom stereocenters. The molecule has 1 aliphatic heterocycles. The Hall–Kier alpha value is -2.90. The Bertz CT molecular complexity index is 1100. The summed E-state index contributed by atoms with van der Waals surface area (Å²) in [6.07, 6.45) is 2.49. The SMILES string of the molecule is F[C@H]1CN(Cc2ccccc2)C[C@@H]1Nc1nc(-c2ccncc2)nc2ccsc12. The van der Waals surface area contributed by atoms with Crippen molar-refractivity contribution >= 4 is 27.4 Å². The minimum Gasteiger partial charge on any atom is -0.362 e. The third-order valence-corrected chi connectivity index (χ3v) is 6.05. The van der Waals surface area contributed by atoms with Crippen molar-refractivity contribution in [1.29, 1.82) is 0 Å². The molecule has 4 aromatic rings. The van der Waals surface area contributed by atoms with Gasteiger partial charge in [0.1, 0.15) is 12.0 Å². The largest absolute Gasteiger partial charge is 0.362 e. The lowest BCUT2D eigenvalue weighted by atomic mass is 10.2. The van der Waals surface area contributed by atoms with Gasteiger partial charge in [0.15, 0.2) is 5.82 Å². The van der Waals surface area contributed by atoms with Crippen LogP contribution >= 0.6 is 11.3 Å². The van der Waals surface area contributed by atoms with Gasteiger partial charge in [0, 0.05) is 37.6 Å². The summed E-state index contributed by atoms with van der Waals surface area (Å²) < 4.78 is 15.8. The third kappa shape index (κ3) is 3.83. The van der Waals surface area contributed by atoms with E-state index in [1.54, 1.807) is 23.7 Å². The van der Waals surface area contributed by atoms with Gasteiger partial charge in [-0.1, -0.05) is 30.3 Å². The lowest BCUT2D eigenvalue weighted by Crippen LogP contribution is -2.30. The van der Waals surface area contributed by atoms with Crippen molar-refractivity contribution in [2.45, 2.75) is 18.8 Å². The van der Waals surface area contributed by atoms with Crippen LogP contribution in [-0.2, 0) is 6.54 Å². The second-order valence-corrected chi connectivity index (χ2v) is 8.13. The number of thiophene rings is 1. The first-order valence-corrected chi connectivity index (χ1v) is 10.5. The molecule has 5 rings (SSSR count). The zero-order chi connectivity index (χ0) is 19.6. The molecule has 1 aromatic carbocycles. The topological polar surface area (TPSA) is 53.9 Å². The highest BCUT2D eigenvalue weighted by atomic mass is 32.1. The monoisotopic (exact) mass is 405 g/mol. The van der Waals surface area contributed by atoms with E-state index < -0.39 is 6.17 Å². The Morgan fingerprint density at radius 1 is 1.03 bits per heavy atom. The standard InChI is InChI=1S/C22H20FN5S/c23-17-13-28(12-15-4-2-1-3-5-15)14-19(17)26-22-20-18(8-11-29-20)25-21(27-22)16-6-9-24-10-7-16/h1-11,17,19H,12-14H2,(H,25,26,27)/t17-,19-/m0/s1. The smallest absolute Gasteiger partial charge is 0.162 e. The van der Waals surface area contributed by atoms with Crippen LogP contribution < -0.4 is 5.32 Å². The van der Waals surface area contributed by atoms with E-state index in [1.165, 1.54) is 5.56 Å². The number of hydrogen-bond donors (Lipinski definition) is 1. The normalized spacial score (nSPS) is 19.6. The summed E-state index contributed by atoms with van der Waals surface area (Å²) in [6.45, 7) is 1.81. The molecule has 3 aromatic heterocycles. The van der Waals surface area contributed by atoms with Gasteiger partial charge in [-0.2, -0.15) is 0 Å². The number of aromatic nitrogens is 3. The highest BCUT2D eigenvalue weighted by molar-refractivity contribution is 7.17. The van der Waals surface area contributed by atoms with Crippen LogP contribution in [0.3, 0.4) is 0 Å². The van der Waals surface area contributed by atoms with Gasteiger partial charge in [-0.3, -0.25) is 9.88 Å². The number of rotatable bonds is 5. The number of fused-ring (bicyclic) bond motifs is 1. The molecule has 0 unspecified atom stereocenters. The maximum atomic E-state index is 14.8. The maximum Gasteiger partial charge on any atom is 0.162 e. The zero-order valence-electron chi connectivity index (χ0n) is 15.7. The van der Waals surface area contributed by atoms with E-state index in [0.717, 1.165) is 22.3 Å². The van der Waals surface area contributed by atoms with Crippen LogP contribution in [0.25, 0.3) is 21.6 Å². The molecule has 1 aliphatic rings. The van der Waals surface area contributed by atoms with Crippen LogP contribution in [0.15, 0.2) is 66.3 Å². The van der Waals surface area contributed by atoms with Gasteiger partial charge >= 0.3 is 0 Å². The Morgan fingerprint density at radius 3 is 2.69 bits per heavy atom. The van der Waals surface area contributed by atoms with Gasteiger partial charge in [-0.05, 0) is 29.1 Å². The lowest BCUT2D eigenvalue weighted by molar-refractivity contribution is 0.281. The van der Waals surface area contributed by atoms with Gasteiger partial charge in [0.05, 0.1) is 16.3 Å². The first-order chi connectivity index (χ1) is 14.3. The fourth-order valence-electron chi connectivity index (χ4n) is 3.71. The number of benzene rings is 1. The zero-order valence-corrected chi connectivity index (χ0v) is 16.5. The number of nitrogens with zero attached hydrogens (tertiary/aromatic N) is 4. The molecule has 0 radical (unpaired) electrons. The van der Waals surface area contributed by atoms with Crippen molar-refractivity contribution in [3.05, 3.63) is 71.9 Å². The highest BCUT2D eigenvalue weighted by Crippen LogP contribution is 2.31. The van der Waals surface area contributed by atoms with Crippen LogP contribution in [0.2, 0.25) is 0 Å². The summed E-state index contributed by atoms with van der Waals surface area (Å²) in [5.41, 5.74) is 2.96. The predicted molar refractivity (Wildman–Crippen MR) is 115 cm³/mol.